The second kappa shape index (κ2) is 11.8. The number of hydrogen-bond acceptors (Lipinski definition) is 5. The predicted octanol–water partition coefficient (Wildman–Crippen LogP) is 3.99. The third kappa shape index (κ3) is 7.77. The highest BCUT2D eigenvalue weighted by Gasteiger charge is 2.18. The molecule has 1 unspecified atom stereocenters. The van der Waals surface area contributed by atoms with E-state index in [4.69, 9.17) is 25.8 Å². The number of benzene rings is 2. The number of rotatable bonds is 12. The van der Waals surface area contributed by atoms with Crippen LogP contribution in [0.1, 0.15) is 13.8 Å². The van der Waals surface area contributed by atoms with Crippen molar-refractivity contribution in [3.63, 3.8) is 0 Å². The van der Waals surface area contributed by atoms with E-state index in [0.29, 0.717) is 37.1 Å². The van der Waals surface area contributed by atoms with Crippen LogP contribution >= 0.6 is 11.6 Å². The average molecular weight is 394 g/mol. The lowest BCUT2D eigenvalue weighted by Crippen LogP contribution is -2.41. The van der Waals surface area contributed by atoms with E-state index in [1.54, 1.807) is 24.3 Å². The van der Waals surface area contributed by atoms with Crippen LogP contribution in [-0.2, 0) is 9.47 Å². The van der Waals surface area contributed by atoms with E-state index in [9.17, 15) is 5.11 Å². The maximum absolute atomic E-state index is 10.5. The second-order valence-corrected chi connectivity index (χ2v) is 6.44. The maximum Gasteiger partial charge on any atom is 0.174 e. The van der Waals surface area contributed by atoms with E-state index >= 15 is 0 Å². The Bertz CT molecular complexity index is 632. The molecule has 0 saturated heterocycles. The summed E-state index contributed by atoms with van der Waals surface area (Å²) in [6, 6.07) is 17.0. The molecule has 2 aromatic carbocycles. The molecular weight excluding hydrogens is 366 g/mol. The van der Waals surface area contributed by atoms with Gasteiger partial charge in [0.05, 0.1) is 6.54 Å². The summed E-state index contributed by atoms with van der Waals surface area (Å²) in [6.07, 6.45) is -1.03. The van der Waals surface area contributed by atoms with E-state index in [-0.39, 0.29) is 12.9 Å². The first-order valence-electron chi connectivity index (χ1n) is 9.22. The number of halogens is 1. The zero-order valence-corrected chi connectivity index (χ0v) is 16.6. The first-order chi connectivity index (χ1) is 13.1. The Morgan fingerprint density at radius 1 is 0.926 bits per heavy atom. The number of hydrogen-bond donors (Lipinski definition) is 1. The molecule has 0 radical (unpaired) electrons. The highest BCUT2D eigenvalue weighted by Crippen LogP contribution is 2.18. The molecule has 6 heteroatoms. The van der Waals surface area contributed by atoms with Crippen molar-refractivity contribution in [2.24, 2.45) is 0 Å². The van der Waals surface area contributed by atoms with E-state index in [2.05, 4.69) is 0 Å². The van der Waals surface area contributed by atoms with E-state index in [0.717, 1.165) is 5.69 Å². The van der Waals surface area contributed by atoms with Crippen molar-refractivity contribution in [2.45, 2.75) is 26.2 Å². The van der Waals surface area contributed by atoms with E-state index in [1.807, 2.05) is 49.1 Å². The van der Waals surface area contributed by atoms with Crippen LogP contribution in [0, 0.1) is 0 Å². The van der Waals surface area contributed by atoms with Gasteiger partial charge in [0, 0.05) is 30.5 Å². The zero-order chi connectivity index (χ0) is 19.5. The molecule has 1 atom stereocenters. The van der Waals surface area contributed by atoms with Crippen LogP contribution < -0.4 is 9.64 Å². The summed E-state index contributed by atoms with van der Waals surface area (Å²) < 4.78 is 17.0. The van der Waals surface area contributed by atoms with Crippen molar-refractivity contribution in [3.05, 3.63) is 59.6 Å². The van der Waals surface area contributed by atoms with Crippen LogP contribution in [0.25, 0.3) is 0 Å². The first-order valence-corrected chi connectivity index (χ1v) is 9.59. The number of anilines is 1. The highest BCUT2D eigenvalue weighted by atomic mass is 35.5. The van der Waals surface area contributed by atoms with E-state index < -0.39 is 6.10 Å². The maximum atomic E-state index is 10.5. The molecule has 0 aromatic heterocycles. The van der Waals surface area contributed by atoms with Crippen molar-refractivity contribution in [2.75, 3.05) is 37.8 Å². The number of para-hydroxylation sites is 1. The smallest absolute Gasteiger partial charge is 0.174 e. The molecule has 0 heterocycles. The fourth-order valence-electron chi connectivity index (χ4n) is 2.66. The van der Waals surface area contributed by atoms with Gasteiger partial charge in [-0.15, -0.1) is 0 Å². The second-order valence-electron chi connectivity index (χ2n) is 6.00. The summed E-state index contributed by atoms with van der Waals surface area (Å²) in [5, 5.41) is 11.1. The molecule has 2 aromatic rings. The lowest BCUT2D eigenvalue weighted by atomic mass is 10.2. The van der Waals surface area contributed by atoms with Crippen LogP contribution in [0.2, 0.25) is 5.02 Å². The SMILES string of the molecule is CCOC(CN(CC(O)COc1ccc(Cl)cc1)c1ccccc1)OCC. The molecule has 0 aliphatic carbocycles. The van der Waals surface area contributed by atoms with Gasteiger partial charge in [-0.3, -0.25) is 0 Å². The lowest BCUT2D eigenvalue weighted by Gasteiger charge is -2.30. The van der Waals surface area contributed by atoms with Gasteiger partial charge >= 0.3 is 0 Å². The van der Waals surface area contributed by atoms with Gasteiger partial charge in [0.15, 0.2) is 6.29 Å². The fraction of sp³-hybridized carbons (Fsp3) is 0.429. The number of aliphatic hydroxyl groups is 1. The van der Waals surface area contributed by atoms with Crippen LogP contribution in [0.15, 0.2) is 54.6 Å². The standard InChI is InChI=1S/C21H28ClNO4/c1-3-25-21(26-4-2)15-23(18-8-6-5-7-9-18)14-19(24)16-27-20-12-10-17(22)11-13-20/h5-13,19,21,24H,3-4,14-16H2,1-2H3. The third-order valence-electron chi connectivity index (χ3n) is 3.88. The summed E-state index contributed by atoms with van der Waals surface area (Å²) >= 11 is 5.88. The Kier molecular flexibility index (Phi) is 9.42. The van der Waals surface area contributed by atoms with Crippen LogP contribution in [-0.4, -0.2) is 50.4 Å². The van der Waals surface area contributed by atoms with Crippen LogP contribution in [0.3, 0.4) is 0 Å². The van der Waals surface area contributed by atoms with Gasteiger partial charge in [-0.05, 0) is 50.2 Å². The predicted molar refractivity (Wildman–Crippen MR) is 109 cm³/mol. The summed E-state index contributed by atoms with van der Waals surface area (Å²) in [7, 11) is 0. The van der Waals surface area contributed by atoms with Crippen molar-refractivity contribution in [1.29, 1.82) is 0 Å². The van der Waals surface area contributed by atoms with Crippen molar-refractivity contribution in [3.8, 4) is 5.75 Å². The Hall–Kier alpha value is -1.79. The Morgan fingerprint density at radius 2 is 1.56 bits per heavy atom. The molecule has 27 heavy (non-hydrogen) atoms. The molecule has 1 N–H and O–H groups in total. The molecule has 0 bridgehead atoms. The minimum absolute atomic E-state index is 0.179. The van der Waals surface area contributed by atoms with Gasteiger partial charge in [0.2, 0.25) is 0 Å². The zero-order valence-electron chi connectivity index (χ0n) is 15.9. The Balaban J connectivity index is 1.98. The van der Waals surface area contributed by atoms with Gasteiger partial charge in [-0.25, -0.2) is 0 Å². The molecule has 0 saturated carbocycles. The summed E-state index contributed by atoms with van der Waals surface area (Å²) in [5.41, 5.74) is 0.993. The fourth-order valence-corrected chi connectivity index (χ4v) is 2.79. The minimum Gasteiger partial charge on any atom is -0.491 e. The first kappa shape index (κ1) is 21.5. The van der Waals surface area contributed by atoms with Crippen molar-refractivity contribution in [1.82, 2.24) is 0 Å². The van der Waals surface area contributed by atoms with Gasteiger partial charge in [0.1, 0.15) is 18.5 Å². The summed E-state index contributed by atoms with van der Waals surface area (Å²) in [5.74, 6) is 0.672. The van der Waals surface area contributed by atoms with Crippen LogP contribution in [0.5, 0.6) is 5.75 Å². The topological polar surface area (TPSA) is 51.2 Å². The summed E-state index contributed by atoms with van der Waals surface area (Å²) in [6.45, 7) is 6.10. The molecule has 148 valence electrons. The molecular formula is C21H28ClNO4. The highest BCUT2D eigenvalue weighted by molar-refractivity contribution is 6.30. The Labute approximate surface area is 166 Å². The molecule has 2 rings (SSSR count). The third-order valence-corrected chi connectivity index (χ3v) is 4.14. The molecule has 0 spiro atoms. The van der Waals surface area contributed by atoms with Crippen molar-refractivity contribution >= 4 is 17.3 Å². The van der Waals surface area contributed by atoms with Gasteiger partial charge in [0.25, 0.3) is 0 Å². The summed E-state index contributed by atoms with van der Waals surface area (Å²) in [4.78, 5) is 2.05. The largest absolute Gasteiger partial charge is 0.491 e. The van der Waals surface area contributed by atoms with Crippen molar-refractivity contribution < 1.29 is 19.3 Å². The quantitative estimate of drug-likeness (QED) is 0.552. The average Bonchev–Trinajstić information content (AvgIpc) is 2.68. The van der Waals surface area contributed by atoms with Crippen LogP contribution in [0.4, 0.5) is 5.69 Å². The molecule has 0 amide bonds. The molecule has 0 fully saturated rings. The molecule has 5 nitrogen and oxygen atoms in total. The number of nitrogens with zero attached hydrogens (tertiary/aromatic N) is 1. The molecule has 0 aliphatic heterocycles. The van der Waals surface area contributed by atoms with E-state index in [1.165, 1.54) is 0 Å². The lowest BCUT2D eigenvalue weighted by molar-refractivity contribution is -0.129. The normalized spacial score (nSPS) is 12.2. The Morgan fingerprint density at radius 3 is 2.15 bits per heavy atom. The number of ether oxygens (including phenoxy) is 3. The van der Waals surface area contributed by atoms with Gasteiger partial charge in [-0.1, -0.05) is 29.8 Å². The minimum atomic E-state index is -0.676. The van der Waals surface area contributed by atoms with Gasteiger partial charge < -0.3 is 24.2 Å². The monoisotopic (exact) mass is 393 g/mol. The number of aliphatic hydroxyl groups excluding tert-OH is 1. The van der Waals surface area contributed by atoms with Gasteiger partial charge in [-0.2, -0.15) is 0 Å². The molecule has 0 aliphatic rings.